The quantitative estimate of drug-likeness (QED) is 0.339. The first kappa shape index (κ1) is 28.0. The number of hydrogen-bond acceptors (Lipinski definition) is 5. The maximum absolute atomic E-state index is 12.6. The summed E-state index contributed by atoms with van der Waals surface area (Å²) in [5.74, 6) is 0.291. The highest BCUT2D eigenvalue weighted by atomic mass is 16.6. The van der Waals surface area contributed by atoms with E-state index >= 15 is 0 Å². The summed E-state index contributed by atoms with van der Waals surface area (Å²) < 4.78 is 0. The molecule has 7 atom stereocenters. The Morgan fingerprint density at radius 2 is 1.88 bits per heavy atom. The van der Waals surface area contributed by atoms with Crippen LogP contribution in [0.5, 0.6) is 0 Å². The van der Waals surface area contributed by atoms with Crippen LogP contribution in [-0.2, 0) is 20.8 Å². The Labute approximate surface area is 241 Å². The molecule has 0 spiro atoms. The lowest BCUT2D eigenvalue weighted by Gasteiger charge is -2.59. The van der Waals surface area contributed by atoms with Gasteiger partial charge in [-0.05, 0) is 105 Å². The van der Waals surface area contributed by atoms with E-state index in [1.54, 1.807) is 6.20 Å². The summed E-state index contributed by atoms with van der Waals surface area (Å²) in [7, 11) is 0. The number of allylic oxidation sites excluding steroid dienone is 2. The molecule has 4 aliphatic carbocycles. The van der Waals surface area contributed by atoms with Crippen molar-refractivity contribution in [2.75, 3.05) is 6.61 Å². The van der Waals surface area contributed by atoms with E-state index in [1.165, 1.54) is 5.57 Å². The largest absolute Gasteiger partial charge is 0.480 e. The first-order valence-corrected chi connectivity index (χ1v) is 15.2. The van der Waals surface area contributed by atoms with E-state index in [0.717, 1.165) is 73.5 Å². The Bertz CT molecular complexity index is 1410. The van der Waals surface area contributed by atoms with Crippen molar-refractivity contribution in [3.8, 4) is 0 Å². The van der Waals surface area contributed by atoms with E-state index < -0.39 is 23.5 Å². The molecule has 1 heterocycles. The number of carboxylic acid groups (broad SMARTS) is 1. The minimum atomic E-state index is -1.09. The molecule has 2 aromatic rings. The predicted molar refractivity (Wildman–Crippen MR) is 157 cm³/mol. The lowest BCUT2D eigenvalue weighted by atomic mass is 9.46. The standard InChI is InChI=1S/C33H43N3O5/c1-31-13-10-22(17-21(31)8-9-24-25(31)11-14-32(2)26(24)12-15-33(32,3)40)36-41-19-29(37)35-28(30(38)39)16-20-18-34-27-7-5-4-6-23(20)27/h4-7,17-18,24-26,28,34,40H,8-16,19H2,1-3H3,(H,35,37)(H,38,39)/t24-,25+,26-,28+,31+,32+,33+/m1/s1. The van der Waals surface area contributed by atoms with Crippen LogP contribution in [0.15, 0.2) is 47.3 Å². The van der Waals surface area contributed by atoms with Gasteiger partial charge in [-0.2, -0.15) is 0 Å². The second-order valence-electron chi connectivity index (χ2n) is 13.6. The molecule has 4 aliphatic rings. The summed E-state index contributed by atoms with van der Waals surface area (Å²) in [5.41, 5.74) is 3.66. The summed E-state index contributed by atoms with van der Waals surface area (Å²) >= 11 is 0. The number of carbonyl (C=O) groups excluding carboxylic acids is 1. The van der Waals surface area contributed by atoms with Gasteiger partial charge in [-0.3, -0.25) is 4.79 Å². The lowest BCUT2D eigenvalue weighted by Crippen LogP contribution is -2.53. The van der Waals surface area contributed by atoms with E-state index in [-0.39, 0.29) is 23.9 Å². The van der Waals surface area contributed by atoms with Crippen LogP contribution in [0.25, 0.3) is 10.9 Å². The monoisotopic (exact) mass is 561 g/mol. The van der Waals surface area contributed by atoms with Gasteiger partial charge < -0.3 is 25.4 Å². The molecule has 4 N–H and O–H groups in total. The molecule has 8 nitrogen and oxygen atoms in total. The average molecular weight is 562 g/mol. The molecule has 1 amide bonds. The van der Waals surface area contributed by atoms with Gasteiger partial charge in [-0.1, -0.05) is 42.8 Å². The van der Waals surface area contributed by atoms with Crippen LogP contribution in [0.4, 0.5) is 0 Å². The number of nitrogens with one attached hydrogen (secondary N) is 2. The Kier molecular flexibility index (Phi) is 7.04. The fourth-order valence-corrected chi connectivity index (χ4v) is 9.02. The molecule has 8 heteroatoms. The van der Waals surface area contributed by atoms with Crippen LogP contribution in [-0.4, -0.2) is 51.0 Å². The van der Waals surface area contributed by atoms with Gasteiger partial charge in [0.1, 0.15) is 6.04 Å². The number of para-hydroxylation sites is 1. The Hall–Kier alpha value is -3.13. The van der Waals surface area contributed by atoms with Crippen molar-refractivity contribution in [3.05, 3.63) is 47.7 Å². The normalized spacial score (nSPS) is 36.1. The third kappa shape index (κ3) is 4.78. The van der Waals surface area contributed by atoms with Gasteiger partial charge in [0.05, 0.1) is 11.3 Å². The predicted octanol–water partition coefficient (Wildman–Crippen LogP) is 5.37. The molecule has 0 aliphatic heterocycles. The highest BCUT2D eigenvalue weighted by Crippen LogP contribution is 2.67. The number of hydrogen-bond donors (Lipinski definition) is 4. The SMILES string of the molecule is C[C@]12CCC(=NOCC(=O)N[C@@H](Cc3c[nH]c4ccccc34)C(=O)O)C=C1CC[C@H]1[C@H]3CC[C@](C)(O)[C@@]3(C)CC[C@@H]12. The van der Waals surface area contributed by atoms with Crippen molar-refractivity contribution in [3.63, 3.8) is 0 Å². The number of rotatable bonds is 7. The fraction of sp³-hybridized carbons (Fsp3) is 0.606. The molecule has 3 saturated carbocycles. The van der Waals surface area contributed by atoms with Gasteiger partial charge in [-0.15, -0.1) is 0 Å². The van der Waals surface area contributed by atoms with Crippen molar-refractivity contribution in [1.29, 1.82) is 0 Å². The van der Waals surface area contributed by atoms with E-state index in [1.807, 2.05) is 24.3 Å². The Balaban J connectivity index is 1.07. The summed E-state index contributed by atoms with van der Waals surface area (Å²) in [6, 6.07) is 6.62. The van der Waals surface area contributed by atoms with Crippen molar-refractivity contribution >= 4 is 28.5 Å². The van der Waals surface area contributed by atoms with Crippen LogP contribution in [0.1, 0.15) is 77.7 Å². The van der Waals surface area contributed by atoms with Gasteiger partial charge in [-0.25, -0.2) is 4.79 Å². The summed E-state index contributed by atoms with van der Waals surface area (Å²) in [4.78, 5) is 33.0. The second kappa shape index (κ2) is 10.3. The first-order valence-electron chi connectivity index (χ1n) is 15.2. The molecule has 6 rings (SSSR count). The highest BCUT2D eigenvalue weighted by molar-refractivity contribution is 5.96. The number of aliphatic hydroxyl groups is 1. The van der Waals surface area contributed by atoms with E-state index in [4.69, 9.17) is 4.84 Å². The molecule has 220 valence electrons. The minimum absolute atomic E-state index is 0.0243. The van der Waals surface area contributed by atoms with Crippen LogP contribution >= 0.6 is 0 Å². The zero-order chi connectivity index (χ0) is 29.0. The number of nitrogens with zero attached hydrogens (tertiary/aromatic N) is 1. The van der Waals surface area contributed by atoms with Gasteiger partial charge in [0.25, 0.3) is 5.91 Å². The van der Waals surface area contributed by atoms with E-state index in [2.05, 4.69) is 42.3 Å². The third-order valence-electron chi connectivity index (χ3n) is 11.6. The minimum Gasteiger partial charge on any atom is -0.480 e. The average Bonchev–Trinajstić information content (AvgIpc) is 3.45. The smallest absolute Gasteiger partial charge is 0.326 e. The molecule has 3 fully saturated rings. The van der Waals surface area contributed by atoms with Crippen LogP contribution < -0.4 is 5.32 Å². The molecular formula is C33H43N3O5. The molecule has 0 bridgehead atoms. The molecule has 0 unspecified atom stereocenters. The van der Waals surface area contributed by atoms with Gasteiger partial charge in [0, 0.05) is 23.5 Å². The topological polar surface area (TPSA) is 124 Å². The first-order chi connectivity index (χ1) is 19.5. The number of carboxylic acids is 1. The molecule has 0 saturated heterocycles. The number of amides is 1. The van der Waals surface area contributed by atoms with Crippen molar-refractivity contribution < 1.29 is 24.6 Å². The van der Waals surface area contributed by atoms with E-state index in [0.29, 0.717) is 17.8 Å². The van der Waals surface area contributed by atoms with Crippen LogP contribution in [0.3, 0.4) is 0 Å². The fourth-order valence-electron chi connectivity index (χ4n) is 9.02. The van der Waals surface area contributed by atoms with Crippen LogP contribution in [0, 0.1) is 28.6 Å². The molecule has 0 radical (unpaired) electrons. The molecule has 41 heavy (non-hydrogen) atoms. The molecule has 1 aromatic heterocycles. The number of fused-ring (bicyclic) bond motifs is 6. The second-order valence-corrected chi connectivity index (χ2v) is 13.6. The lowest BCUT2D eigenvalue weighted by molar-refractivity contribution is -0.142. The molecule has 1 aromatic carbocycles. The summed E-state index contributed by atoms with van der Waals surface area (Å²) in [6.07, 6.45) is 12.4. The number of benzene rings is 1. The zero-order valence-corrected chi connectivity index (χ0v) is 24.4. The van der Waals surface area contributed by atoms with Gasteiger partial charge >= 0.3 is 5.97 Å². The highest BCUT2D eigenvalue weighted by Gasteiger charge is 2.62. The van der Waals surface area contributed by atoms with Gasteiger partial charge in [0.15, 0.2) is 6.61 Å². The number of oxime groups is 1. The van der Waals surface area contributed by atoms with Gasteiger partial charge in [0.2, 0.25) is 0 Å². The number of aromatic amines is 1. The maximum atomic E-state index is 12.6. The number of aliphatic carboxylic acids is 1. The van der Waals surface area contributed by atoms with Crippen molar-refractivity contribution in [2.45, 2.75) is 90.2 Å². The summed E-state index contributed by atoms with van der Waals surface area (Å²) in [5, 5.41) is 28.7. The number of carbonyl (C=O) groups is 2. The Morgan fingerprint density at radius 1 is 1.10 bits per heavy atom. The van der Waals surface area contributed by atoms with Crippen molar-refractivity contribution in [2.24, 2.45) is 33.7 Å². The van der Waals surface area contributed by atoms with Crippen molar-refractivity contribution in [1.82, 2.24) is 10.3 Å². The number of H-pyrrole nitrogens is 1. The summed E-state index contributed by atoms with van der Waals surface area (Å²) in [6.45, 7) is 6.48. The third-order valence-corrected chi connectivity index (χ3v) is 11.6. The maximum Gasteiger partial charge on any atom is 0.326 e. The molecular weight excluding hydrogens is 518 g/mol. The van der Waals surface area contributed by atoms with Crippen LogP contribution in [0.2, 0.25) is 0 Å². The zero-order valence-electron chi connectivity index (χ0n) is 24.4. The van der Waals surface area contributed by atoms with E-state index in [9.17, 15) is 19.8 Å². The Morgan fingerprint density at radius 3 is 2.68 bits per heavy atom. The number of aromatic nitrogens is 1.